The van der Waals surface area contributed by atoms with Crippen LogP contribution in [0.15, 0.2) is 64.9 Å². The normalized spacial score (nSPS) is 11.3. The Bertz CT molecular complexity index is 984. The second kappa shape index (κ2) is 9.88. The molecule has 1 amide bonds. The van der Waals surface area contributed by atoms with Gasteiger partial charge in [0.1, 0.15) is 5.75 Å². The number of amides is 1. The minimum Gasteiger partial charge on any atom is -0.497 e. The first-order valence-corrected chi connectivity index (χ1v) is 10.2. The monoisotopic (exact) mass is 409 g/mol. The van der Waals surface area contributed by atoms with Crippen LogP contribution in [0.3, 0.4) is 0 Å². The summed E-state index contributed by atoms with van der Waals surface area (Å²) >= 11 is 1.34. The van der Waals surface area contributed by atoms with Gasteiger partial charge in [0.05, 0.1) is 18.6 Å². The van der Waals surface area contributed by atoms with Gasteiger partial charge in [-0.25, -0.2) is 5.43 Å². The van der Waals surface area contributed by atoms with Crippen LogP contribution >= 0.6 is 11.8 Å². The van der Waals surface area contributed by atoms with Gasteiger partial charge in [-0.15, -0.1) is 10.2 Å². The van der Waals surface area contributed by atoms with Gasteiger partial charge in [0.25, 0.3) is 5.91 Å². The van der Waals surface area contributed by atoms with Gasteiger partial charge in [-0.2, -0.15) is 5.10 Å². The Morgan fingerprint density at radius 3 is 2.52 bits per heavy atom. The number of carbonyl (C=O) groups excluding carboxylic acids is 1. The van der Waals surface area contributed by atoms with E-state index < -0.39 is 0 Å². The summed E-state index contributed by atoms with van der Waals surface area (Å²) in [6.07, 6.45) is 0. The van der Waals surface area contributed by atoms with Crippen molar-refractivity contribution in [3.05, 3.63) is 60.2 Å². The van der Waals surface area contributed by atoms with Crippen LogP contribution < -0.4 is 10.2 Å². The molecule has 0 saturated carbocycles. The van der Waals surface area contributed by atoms with E-state index >= 15 is 0 Å². The molecule has 0 fully saturated rings. The SMILES string of the molecule is CCn1c(SCC(=O)N/N=C(/C)c2ccc(OC)cc2)nnc1-c1ccccc1. The number of carbonyl (C=O) groups is 1. The fraction of sp³-hybridized carbons (Fsp3) is 0.238. The highest BCUT2D eigenvalue weighted by molar-refractivity contribution is 7.99. The highest BCUT2D eigenvalue weighted by atomic mass is 32.2. The molecule has 3 rings (SSSR count). The average molecular weight is 410 g/mol. The maximum absolute atomic E-state index is 12.2. The first-order valence-electron chi connectivity index (χ1n) is 9.21. The van der Waals surface area contributed by atoms with Gasteiger partial charge in [-0.05, 0) is 43.7 Å². The van der Waals surface area contributed by atoms with Gasteiger partial charge in [-0.1, -0.05) is 42.1 Å². The maximum Gasteiger partial charge on any atom is 0.250 e. The van der Waals surface area contributed by atoms with Crippen LogP contribution in [0, 0.1) is 0 Å². The Morgan fingerprint density at radius 1 is 1.14 bits per heavy atom. The van der Waals surface area contributed by atoms with Crippen molar-refractivity contribution in [3.8, 4) is 17.1 Å². The zero-order valence-corrected chi connectivity index (χ0v) is 17.4. The summed E-state index contributed by atoms with van der Waals surface area (Å²) in [6.45, 7) is 4.59. The van der Waals surface area contributed by atoms with Gasteiger partial charge in [0, 0.05) is 12.1 Å². The number of hydrogen-bond acceptors (Lipinski definition) is 6. The van der Waals surface area contributed by atoms with Gasteiger partial charge in [-0.3, -0.25) is 4.79 Å². The molecule has 0 aliphatic rings. The van der Waals surface area contributed by atoms with E-state index in [9.17, 15) is 4.79 Å². The molecule has 150 valence electrons. The van der Waals surface area contributed by atoms with Crippen LogP contribution in [-0.2, 0) is 11.3 Å². The Balaban J connectivity index is 1.60. The number of rotatable bonds is 8. The molecule has 7 nitrogen and oxygen atoms in total. The Labute approximate surface area is 174 Å². The minimum absolute atomic E-state index is 0.199. The molecular weight excluding hydrogens is 386 g/mol. The Kier molecular flexibility index (Phi) is 7.02. The molecule has 2 aromatic carbocycles. The molecule has 0 atom stereocenters. The molecule has 0 aliphatic carbocycles. The number of benzene rings is 2. The molecule has 0 bridgehead atoms. The van der Waals surface area contributed by atoms with Gasteiger partial charge >= 0.3 is 0 Å². The lowest BCUT2D eigenvalue weighted by atomic mass is 10.1. The van der Waals surface area contributed by atoms with Crippen molar-refractivity contribution in [2.75, 3.05) is 12.9 Å². The van der Waals surface area contributed by atoms with Crippen LogP contribution in [0.5, 0.6) is 5.75 Å². The number of methoxy groups -OCH3 is 1. The second-order valence-corrected chi connectivity index (χ2v) is 7.11. The van der Waals surface area contributed by atoms with E-state index in [0.29, 0.717) is 10.9 Å². The number of hydrogen-bond donors (Lipinski definition) is 1. The van der Waals surface area contributed by atoms with E-state index in [1.54, 1.807) is 7.11 Å². The van der Waals surface area contributed by atoms with Gasteiger partial charge in [0.15, 0.2) is 11.0 Å². The maximum atomic E-state index is 12.2. The van der Waals surface area contributed by atoms with E-state index in [4.69, 9.17) is 4.74 Å². The first kappa shape index (κ1) is 20.6. The molecule has 1 N–H and O–H groups in total. The smallest absolute Gasteiger partial charge is 0.250 e. The lowest BCUT2D eigenvalue weighted by Gasteiger charge is -2.07. The molecule has 0 unspecified atom stereocenters. The molecule has 8 heteroatoms. The topological polar surface area (TPSA) is 81.4 Å². The first-order chi connectivity index (χ1) is 14.1. The number of nitrogens with one attached hydrogen (secondary N) is 1. The van der Waals surface area contributed by atoms with E-state index in [0.717, 1.165) is 29.2 Å². The van der Waals surface area contributed by atoms with Gasteiger partial charge in [0.2, 0.25) is 0 Å². The number of hydrazone groups is 1. The number of ether oxygens (including phenoxy) is 1. The summed E-state index contributed by atoms with van der Waals surface area (Å²) in [5, 5.41) is 13.4. The molecule has 29 heavy (non-hydrogen) atoms. The van der Waals surface area contributed by atoms with Crippen LogP contribution in [0.25, 0.3) is 11.4 Å². The van der Waals surface area contributed by atoms with Crippen molar-refractivity contribution in [3.63, 3.8) is 0 Å². The van der Waals surface area contributed by atoms with E-state index in [1.807, 2.05) is 73.0 Å². The van der Waals surface area contributed by atoms with Crippen molar-refractivity contribution in [2.45, 2.75) is 25.5 Å². The molecule has 0 spiro atoms. The average Bonchev–Trinajstić information content (AvgIpc) is 3.19. The summed E-state index contributed by atoms with van der Waals surface area (Å²) in [6, 6.07) is 17.4. The predicted octanol–water partition coefficient (Wildman–Crippen LogP) is 3.61. The predicted molar refractivity (Wildman–Crippen MR) is 115 cm³/mol. The highest BCUT2D eigenvalue weighted by Crippen LogP contribution is 2.23. The van der Waals surface area contributed by atoms with Crippen LogP contribution in [0.4, 0.5) is 0 Å². The third-order valence-corrected chi connectivity index (χ3v) is 5.22. The third-order valence-electron chi connectivity index (χ3n) is 4.25. The van der Waals surface area contributed by atoms with Crippen molar-refractivity contribution in [1.82, 2.24) is 20.2 Å². The molecule has 0 aliphatic heterocycles. The molecule has 0 saturated heterocycles. The number of thioether (sulfide) groups is 1. The molecule has 1 aromatic heterocycles. The molecule has 0 radical (unpaired) electrons. The minimum atomic E-state index is -0.199. The zero-order chi connectivity index (χ0) is 20.6. The lowest BCUT2D eigenvalue weighted by Crippen LogP contribution is -2.21. The fourth-order valence-corrected chi connectivity index (χ4v) is 3.48. The summed E-state index contributed by atoms with van der Waals surface area (Å²) < 4.78 is 7.14. The second-order valence-electron chi connectivity index (χ2n) is 6.17. The van der Waals surface area contributed by atoms with Crippen LogP contribution in [0.1, 0.15) is 19.4 Å². The van der Waals surface area contributed by atoms with Crippen molar-refractivity contribution >= 4 is 23.4 Å². The largest absolute Gasteiger partial charge is 0.497 e. The Morgan fingerprint density at radius 2 is 1.86 bits per heavy atom. The van der Waals surface area contributed by atoms with Crippen LogP contribution in [-0.4, -0.2) is 39.2 Å². The van der Waals surface area contributed by atoms with Crippen molar-refractivity contribution in [1.29, 1.82) is 0 Å². The van der Waals surface area contributed by atoms with E-state index in [1.165, 1.54) is 11.8 Å². The zero-order valence-electron chi connectivity index (χ0n) is 16.6. The molecule has 1 heterocycles. The number of nitrogens with zero attached hydrogens (tertiary/aromatic N) is 4. The third kappa shape index (κ3) is 5.23. The van der Waals surface area contributed by atoms with Crippen molar-refractivity contribution < 1.29 is 9.53 Å². The van der Waals surface area contributed by atoms with Crippen LogP contribution in [0.2, 0.25) is 0 Å². The molecule has 3 aromatic rings. The lowest BCUT2D eigenvalue weighted by molar-refractivity contribution is -0.118. The van der Waals surface area contributed by atoms with Gasteiger partial charge < -0.3 is 9.30 Å². The van der Waals surface area contributed by atoms with E-state index in [2.05, 4.69) is 20.7 Å². The Hall–Kier alpha value is -3.13. The summed E-state index contributed by atoms with van der Waals surface area (Å²) in [7, 11) is 1.62. The van der Waals surface area contributed by atoms with Crippen molar-refractivity contribution in [2.24, 2.45) is 5.10 Å². The highest BCUT2D eigenvalue weighted by Gasteiger charge is 2.14. The summed E-state index contributed by atoms with van der Waals surface area (Å²) in [4.78, 5) is 12.2. The fourth-order valence-electron chi connectivity index (χ4n) is 2.69. The number of aromatic nitrogens is 3. The standard InChI is InChI=1S/C21H23N5O2S/c1-4-26-20(17-8-6-5-7-9-17)24-25-21(26)29-14-19(27)23-22-15(2)16-10-12-18(28-3)13-11-16/h5-13H,4,14H2,1-3H3,(H,23,27)/b22-15-. The summed E-state index contributed by atoms with van der Waals surface area (Å²) in [5.41, 5.74) is 5.22. The summed E-state index contributed by atoms with van der Waals surface area (Å²) in [5.74, 6) is 1.57. The molecular formula is C21H23N5O2S. The van der Waals surface area contributed by atoms with E-state index in [-0.39, 0.29) is 11.7 Å². The quantitative estimate of drug-likeness (QED) is 0.349.